The Bertz CT molecular complexity index is 651. The van der Waals surface area contributed by atoms with E-state index < -0.39 is 17.9 Å². The monoisotopic (exact) mass is 341 g/mol. The number of furan rings is 1. The molecule has 0 bridgehead atoms. The highest BCUT2D eigenvalue weighted by Crippen LogP contribution is 2.26. The molecule has 1 aromatic carbocycles. The van der Waals surface area contributed by atoms with Crippen LogP contribution in [0.25, 0.3) is 11.0 Å². The molecule has 1 aromatic heterocycles. The fraction of sp³-hybridized carbons (Fsp3) is 0.231. The van der Waals surface area contributed by atoms with Crippen LogP contribution in [0.4, 0.5) is 0 Å². The van der Waals surface area contributed by atoms with E-state index in [1.54, 1.807) is 18.2 Å². The zero-order valence-corrected chi connectivity index (χ0v) is 11.9. The van der Waals surface area contributed by atoms with Crippen LogP contribution < -0.4 is 5.32 Å². The molecule has 7 heteroatoms. The molecule has 2 rings (SSSR count). The van der Waals surface area contributed by atoms with Crippen LogP contribution in [0.5, 0.6) is 0 Å². The molecule has 6 nitrogen and oxygen atoms in total. The molecule has 20 heavy (non-hydrogen) atoms. The molecule has 0 spiro atoms. The van der Waals surface area contributed by atoms with Gasteiger partial charge < -0.3 is 19.9 Å². The van der Waals surface area contributed by atoms with E-state index in [0.717, 1.165) is 5.39 Å². The average molecular weight is 342 g/mol. The number of carbonyl (C=O) groups excluding carboxylic acids is 1. The Balaban J connectivity index is 2.22. The van der Waals surface area contributed by atoms with Crippen LogP contribution in [0.2, 0.25) is 0 Å². The first-order chi connectivity index (χ1) is 9.52. The van der Waals surface area contributed by atoms with Crippen molar-refractivity contribution in [2.45, 2.75) is 12.5 Å². The smallest absolute Gasteiger partial charge is 0.326 e. The summed E-state index contributed by atoms with van der Waals surface area (Å²) in [6.45, 7) is -0.330. The Labute approximate surface area is 122 Å². The van der Waals surface area contributed by atoms with Crippen molar-refractivity contribution in [3.63, 3.8) is 0 Å². The number of rotatable bonds is 5. The summed E-state index contributed by atoms with van der Waals surface area (Å²) >= 11 is 3.31. The number of carboxylic acid groups (broad SMARTS) is 1. The average Bonchev–Trinajstić information content (AvgIpc) is 2.83. The molecule has 0 aliphatic carbocycles. The molecule has 0 radical (unpaired) electrons. The lowest BCUT2D eigenvalue weighted by Crippen LogP contribution is -2.41. The highest BCUT2D eigenvalue weighted by Gasteiger charge is 2.22. The number of aliphatic hydroxyl groups is 1. The summed E-state index contributed by atoms with van der Waals surface area (Å²) in [6, 6.07) is 5.74. The Kier molecular flexibility index (Phi) is 4.41. The number of hydrogen-bond donors (Lipinski definition) is 3. The number of carboxylic acids is 1. The Morgan fingerprint density at radius 1 is 1.40 bits per heavy atom. The Hall–Kier alpha value is -1.86. The summed E-state index contributed by atoms with van der Waals surface area (Å²) in [5.41, 5.74) is 0.520. The van der Waals surface area contributed by atoms with Gasteiger partial charge in [-0.15, -0.1) is 0 Å². The molecule has 1 amide bonds. The number of amides is 1. The molecular weight excluding hydrogens is 330 g/mol. The Morgan fingerprint density at radius 2 is 2.15 bits per heavy atom. The maximum atomic E-state index is 12.0. The van der Waals surface area contributed by atoms with E-state index in [0.29, 0.717) is 10.1 Å². The summed E-state index contributed by atoms with van der Waals surface area (Å²) < 4.78 is 6.11. The van der Waals surface area contributed by atoms with Gasteiger partial charge in [-0.1, -0.05) is 12.1 Å². The van der Waals surface area contributed by atoms with Crippen LogP contribution in [0.15, 0.2) is 33.2 Å². The normalized spacial score (nSPS) is 12.3. The molecule has 0 fully saturated rings. The zero-order chi connectivity index (χ0) is 14.7. The van der Waals surface area contributed by atoms with Crippen LogP contribution in [0.3, 0.4) is 0 Å². The van der Waals surface area contributed by atoms with Gasteiger partial charge in [-0.3, -0.25) is 4.79 Å². The van der Waals surface area contributed by atoms with Gasteiger partial charge in [0.05, 0.1) is 4.47 Å². The lowest BCUT2D eigenvalue weighted by molar-refractivity contribution is -0.139. The van der Waals surface area contributed by atoms with Gasteiger partial charge >= 0.3 is 5.97 Å². The first-order valence-corrected chi connectivity index (χ1v) is 6.65. The first-order valence-electron chi connectivity index (χ1n) is 5.85. The number of benzene rings is 1. The second-order valence-electron chi connectivity index (χ2n) is 4.15. The minimum absolute atomic E-state index is 0.0242. The fourth-order valence-corrected chi connectivity index (χ4v) is 2.22. The van der Waals surface area contributed by atoms with Crippen LogP contribution in [0, 0.1) is 0 Å². The summed E-state index contributed by atoms with van der Waals surface area (Å²) in [5, 5.41) is 20.7. The number of fused-ring (bicyclic) bond motifs is 1. The van der Waals surface area contributed by atoms with Crippen molar-refractivity contribution in [3.8, 4) is 0 Å². The molecular formula is C13H12BrNO5. The highest BCUT2D eigenvalue weighted by atomic mass is 79.9. The number of aliphatic hydroxyl groups excluding tert-OH is 1. The van der Waals surface area contributed by atoms with Gasteiger partial charge in [0.15, 0.2) is 5.76 Å². The summed E-state index contributed by atoms with van der Waals surface area (Å²) in [6.07, 6.45) is -0.0645. The molecule has 0 saturated heterocycles. The number of aliphatic carboxylic acids is 1. The fourth-order valence-electron chi connectivity index (χ4n) is 1.76. The molecule has 0 aliphatic rings. The van der Waals surface area contributed by atoms with Gasteiger partial charge in [-0.25, -0.2) is 4.79 Å². The molecule has 0 saturated carbocycles. The van der Waals surface area contributed by atoms with E-state index in [-0.39, 0.29) is 18.8 Å². The molecule has 106 valence electrons. The van der Waals surface area contributed by atoms with Gasteiger partial charge in [0, 0.05) is 18.4 Å². The maximum Gasteiger partial charge on any atom is 0.326 e. The predicted molar refractivity (Wildman–Crippen MR) is 74.5 cm³/mol. The van der Waals surface area contributed by atoms with E-state index in [2.05, 4.69) is 21.2 Å². The third kappa shape index (κ3) is 3.00. The molecule has 2 aromatic rings. The summed E-state index contributed by atoms with van der Waals surface area (Å²) in [7, 11) is 0. The summed E-state index contributed by atoms with van der Waals surface area (Å²) in [4.78, 5) is 22.9. The minimum Gasteiger partial charge on any atom is -0.480 e. The minimum atomic E-state index is -1.20. The van der Waals surface area contributed by atoms with Crippen molar-refractivity contribution in [2.24, 2.45) is 0 Å². The number of carbonyl (C=O) groups is 2. The third-order valence-corrected chi connectivity index (χ3v) is 3.37. The largest absolute Gasteiger partial charge is 0.480 e. The topological polar surface area (TPSA) is 99.8 Å². The third-order valence-electron chi connectivity index (χ3n) is 2.74. The molecule has 1 heterocycles. The number of halogens is 1. The van der Waals surface area contributed by atoms with Gasteiger partial charge in [0.1, 0.15) is 11.6 Å². The first kappa shape index (κ1) is 14.5. The zero-order valence-electron chi connectivity index (χ0n) is 10.3. The quantitative estimate of drug-likeness (QED) is 0.769. The van der Waals surface area contributed by atoms with Crippen LogP contribution in [-0.2, 0) is 4.79 Å². The van der Waals surface area contributed by atoms with Crippen molar-refractivity contribution >= 4 is 38.8 Å². The number of para-hydroxylation sites is 1. The van der Waals surface area contributed by atoms with E-state index in [4.69, 9.17) is 14.6 Å². The highest BCUT2D eigenvalue weighted by molar-refractivity contribution is 9.10. The second-order valence-corrected chi connectivity index (χ2v) is 5.00. The molecule has 0 aliphatic heterocycles. The van der Waals surface area contributed by atoms with Gasteiger partial charge in [0.2, 0.25) is 0 Å². The van der Waals surface area contributed by atoms with Crippen LogP contribution >= 0.6 is 15.9 Å². The lowest BCUT2D eigenvalue weighted by Gasteiger charge is -2.11. The van der Waals surface area contributed by atoms with Gasteiger partial charge in [0.25, 0.3) is 5.91 Å². The van der Waals surface area contributed by atoms with E-state index in [1.807, 2.05) is 0 Å². The van der Waals surface area contributed by atoms with Crippen molar-refractivity contribution in [2.75, 3.05) is 6.61 Å². The van der Waals surface area contributed by atoms with E-state index in [1.165, 1.54) is 6.07 Å². The van der Waals surface area contributed by atoms with Crippen LogP contribution in [0.1, 0.15) is 17.0 Å². The van der Waals surface area contributed by atoms with Gasteiger partial charge in [-0.2, -0.15) is 0 Å². The second kappa shape index (κ2) is 6.06. The van der Waals surface area contributed by atoms with E-state index >= 15 is 0 Å². The maximum absolute atomic E-state index is 12.0. The van der Waals surface area contributed by atoms with Crippen molar-refractivity contribution in [3.05, 3.63) is 34.5 Å². The van der Waals surface area contributed by atoms with Crippen molar-refractivity contribution < 1.29 is 24.2 Å². The lowest BCUT2D eigenvalue weighted by atomic mass is 10.2. The van der Waals surface area contributed by atoms with Gasteiger partial charge in [-0.05, 0) is 28.1 Å². The number of hydrogen-bond acceptors (Lipinski definition) is 4. The Morgan fingerprint density at radius 3 is 2.75 bits per heavy atom. The SMILES string of the molecule is O=C(N[C@H](CCO)C(=O)O)c1cc2cccc(Br)c2o1. The molecule has 0 unspecified atom stereocenters. The summed E-state index contributed by atoms with van der Waals surface area (Å²) in [5.74, 6) is -1.81. The molecule has 1 atom stereocenters. The van der Waals surface area contributed by atoms with E-state index in [9.17, 15) is 9.59 Å². The van der Waals surface area contributed by atoms with Crippen molar-refractivity contribution in [1.82, 2.24) is 5.32 Å². The standard InChI is InChI=1S/C13H12BrNO5/c14-8-3-1-2-7-6-10(20-11(7)8)12(17)15-9(4-5-16)13(18)19/h1-3,6,9,16H,4-5H2,(H,15,17)(H,18,19)/t9-/m1/s1. The van der Waals surface area contributed by atoms with Crippen LogP contribution in [-0.4, -0.2) is 34.7 Å². The van der Waals surface area contributed by atoms with Crippen molar-refractivity contribution in [1.29, 1.82) is 0 Å². The molecule has 3 N–H and O–H groups in total. The predicted octanol–water partition coefficient (Wildman–Crippen LogP) is 1.76. The number of nitrogens with one attached hydrogen (secondary N) is 1.